The summed E-state index contributed by atoms with van der Waals surface area (Å²) >= 11 is 7.88. The third kappa shape index (κ3) is 3.22. The molecule has 1 aromatic heterocycles. The van der Waals surface area contributed by atoms with Gasteiger partial charge in [-0.15, -0.1) is 11.3 Å². The summed E-state index contributed by atoms with van der Waals surface area (Å²) in [7, 11) is 0. The minimum Gasteiger partial charge on any atom is -0.309 e. The van der Waals surface area contributed by atoms with Crippen molar-refractivity contribution >= 4 is 22.9 Å². The molecule has 0 aromatic carbocycles. The standard InChI is InChI=1S/C13H22ClNS/c1-5-10(6-2)12(15-7-3)11-8-9(4)13(14)16-11/h8,10,12,15H,5-7H2,1-4H3. The first-order chi connectivity index (χ1) is 7.63. The van der Waals surface area contributed by atoms with Gasteiger partial charge in [-0.25, -0.2) is 0 Å². The van der Waals surface area contributed by atoms with E-state index in [-0.39, 0.29) is 0 Å². The van der Waals surface area contributed by atoms with E-state index < -0.39 is 0 Å². The van der Waals surface area contributed by atoms with Crippen LogP contribution in [0.2, 0.25) is 4.34 Å². The third-order valence-corrected chi connectivity index (χ3v) is 4.77. The van der Waals surface area contributed by atoms with Crippen LogP contribution >= 0.6 is 22.9 Å². The second-order valence-corrected chi connectivity index (χ2v) is 5.90. The van der Waals surface area contributed by atoms with Crippen molar-refractivity contribution in [1.29, 1.82) is 0 Å². The zero-order valence-electron chi connectivity index (χ0n) is 10.6. The maximum absolute atomic E-state index is 6.16. The smallest absolute Gasteiger partial charge is 0.0960 e. The van der Waals surface area contributed by atoms with E-state index >= 15 is 0 Å². The summed E-state index contributed by atoms with van der Waals surface area (Å²) in [6, 6.07) is 2.70. The van der Waals surface area contributed by atoms with Gasteiger partial charge in [0.2, 0.25) is 0 Å². The van der Waals surface area contributed by atoms with Crippen LogP contribution in [-0.2, 0) is 0 Å². The van der Waals surface area contributed by atoms with Crippen LogP contribution in [0.1, 0.15) is 50.1 Å². The van der Waals surface area contributed by atoms with E-state index in [1.807, 2.05) is 0 Å². The molecule has 3 heteroatoms. The molecule has 0 radical (unpaired) electrons. The van der Waals surface area contributed by atoms with Crippen LogP contribution in [0.25, 0.3) is 0 Å². The Kier molecular flexibility index (Phi) is 5.81. The molecule has 0 bridgehead atoms. The van der Waals surface area contributed by atoms with Gasteiger partial charge in [0.15, 0.2) is 0 Å². The highest BCUT2D eigenvalue weighted by molar-refractivity contribution is 7.16. The minimum absolute atomic E-state index is 0.469. The molecule has 1 heterocycles. The molecule has 1 nitrogen and oxygen atoms in total. The Morgan fingerprint density at radius 2 is 1.94 bits per heavy atom. The van der Waals surface area contributed by atoms with E-state index in [1.54, 1.807) is 11.3 Å². The van der Waals surface area contributed by atoms with E-state index in [0.29, 0.717) is 12.0 Å². The molecule has 0 spiro atoms. The Morgan fingerprint density at radius 3 is 2.31 bits per heavy atom. The van der Waals surface area contributed by atoms with Gasteiger partial charge in [-0.3, -0.25) is 0 Å². The number of hydrogen-bond acceptors (Lipinski definition) is 2. The molecule has 1 unspecified atom stereocenters. The Morgan fingerprint density at radius 1 is 1.31 bits per heavy atom. The number of halogens is 1. The highest BCUT2D eigenvalue weighted by Gasteiger charge is 2.21. The van der Waals surface area contributed by atoms with Crippen LogP contribution < -0.4 is 5.32 Å². The van der Waals surface area contributed by atoms with Crippen molar-refractivity contribution in [2.24, 2.45) is 5.92 Å². The topological polar surface area (TPSA) is 12.0 Å². The molecule has 0 amide bonds. The minimum atomic E-state index is 0.469. The number of nitrogens with one attached hydrogen (secondary N) is 1. The molecule has 0 aliphatic rings. The fraction of sp³-hybridized carbons (Fsp3) is 0.692. The summed E-state index contributed by atoms with van der Waals surface area (Å²) in [6.07, 6.45) is 2.42. The summed E-state index contributed by atoms with van der Waals surface area (Å²) in [5.74, 6) is 0.703. The number of hydrogen-bond donors (Lipinski definition) is 1. The van der Waals surface area contributed by atoms with Crippen molar-refractivity contribution in [2.45, 2.75) is 46.6 Å². The fourth-order valence-electron chi connectivity index (χ4n) is 2.12. The largest absolute Gasteiger partial charge is 0.309 e. The van der Waals surface area contributed by atoms with E-state index in [0.717, 1.165) is 10.9 Å². The third-order valence-electron chi connectivity index (χ3n) is 3.13. The van der Waals surface area contributed by atoms with Crippen LogP contribution in [0.3, 0.4) is 0 Å². The van der Waals surface area contributed by atoms with Gasteiger partial charge < -0.3 is 5.32 Å². The van der Waals surface area contributed by atoms with Crippen LogP contribution in [0.4, 0.5) is 0 Å². The van der Waals surface area contributed by atoms with Crippen molar-refractivity contribution in [2.75, 3.05) is 6.54 Å². The lowest BCUT2D eigenvalue weighted by molar-refractivity contribution is 0.351. The normalized spacial score (nSPS) is 13.4. The average molecular weight is 260 g/mol. The van der Waals surface area contributed by atoms with Crippen LogP contribution in [-0.4, -0.2) is 6.54 Å². The summed E-state index contributed by atoms with van der Waals surface area (Å²) in [5.41, 5.74) is 1.20. The van der Waals surface area contributed by atoms with Crippen molar-refractivity contribution in [3.8, 4) is 0 Å². The van der Waals surface area contributed by atoms with Crippen LogP contribution in [0.5, 0.6) is 0 Å². The molecule has 0 saturated carbocycles. The zero-order chi connectivity index (χ0) is 12.1. The van der Waals surface area contributed by atoms with Crippen molar-refractivity contribution in [1.82, 2.24) is 5.32 Å². The second kappa shape index (κ2) is 6.63. The lowest BCUT2D eigenvalue weighted by Gasteiger charge is -2.25. The molecule has 0 aliphatic carbocycles. The van der Waals surface area contributed by atoms with E-state index in [4.69, 9.17) is 11.6 Å². The van der Waals surface area contributed by atoms with Crippen molar-refractivity contribution < 1.29 is 0 Å². The van der Waals surface area contributed by atoms with Gasteiger partial charge in [-0.1, -0.05) is 45.2 Å². The number of rotatable bonds is 6. The van der Waals surface area contributed by atoms with Crippen LogP contribution in [0, 0.1) is 12.8 Å². The highest BCUT2D eigenvalue weighted by atomic mass is 35.5. The lowest BCUT2D eigenvalue weighted by Crippen LogP contribution is -2.27. The first-order valence-corrected chi connectivity index (χ1v) is 7.32. The Labute approximate surface area is 108 Å². The molecule has 1 N–H and O–H groups in total. The monoisotopic (exact) mass is 259 g/mol. The van der Waals surface area contributed by atoms with E-state index in [2.05, 4.69) is 39.1 Å². The quantitative estimate of drug-likeness (QED) is 0.774. The van der Waals surface area contributed by atoms with E-state index in [1.165, 1.54) is 23.3 Å². The molecule has 0 aliphatic heterocycles. The molecular weight excluding hydrogens is 238 g/mol. The van der Waals surface area contributed by atoms with Crippen LogP contribution in [0.15, 0.2) is 6.07 Å². The SMILES string of the molecule is CCNC(c1cc(C)c(Cl)s1)C(CC)CC. The summed E-state index contributed by atoms with van der Waals surface area (Å²) in [4.78, 5) is 1.39. The van der Waals surface area contributed by atoms with Crippen molar-refractivity contribution in [3.63, 3.8) is 0 Å². The van der Waals surface area contributed by atoms with Gasteiger partial charge in [0.25, 0.3) is 0 Å². The summed E-state index contributed by atoms with van der Waals surface area (Å²) in [5, 5.41) is 3.59. The summed E-state index contributed by atoms with van der Waals surface area (Å²) in [6.45, 7) is 9.78. The first-order valence-electron chi connectivity index (χ1n) is 6.13. The van der Waals surface area contributed by atoms with Gasteiger partial charge in [0, 0.05) is 10.9 Å². The maximum Gasteiger partial charge on any atom is 0.0960 e. The molecule has 92 valence electrons. The second-order valence-electron chi connectivity index (χ2n) is 4.22. The maximum atomic E-state index is 6.16. The van der Waals surface area contributed by atoms with Gasteiger partial charge >= 0.3 is 0 Å². The Balaban J connectivity index is 2.91. The lowest BCUT2D eigenvalue weighted by atomic mass is 9.93. The predicted octanol–water partition coefficient (Wildman–Crippen LogP) is 4.80. The predicted molar refractivity (Wildman–Crippen MR) is 74.6 cm³/mol. The molecule has 1 rings (SSSR count). The molecule has 1 atom stereocenters. The Bertz CT molecular complexity index is 298. The molecular formula is C13H22ClNS. The fourth-order valence-corrected chi connectivity index (χ4v) is 3.50. The zero-order valence-corrected chi connectivity index (χ0v) is 12.2. The first kappa shape index (κ1) is 14.0. The molecule has 1 aromatic rings. The van der Waals surface area contributed by atoms with Gasteiger partial charge in [0.05, 0.1) is 4.34 Å². The average Bonchev–Trinajstić information content (AvgIpc) is 2.59. The number of thiophene rings is 1. The molecule has 0 fully saturated rings. The summed E-state index contributed by atoms with van der Waals surface area (Å²) < 4.78 is 0.934. The number of aryl methyl sites for hydroxylation is 1. The molecule has 16 heavy (non-hydrogen) atoms. The van der Waals surface area contributed by atoms with Gasteiger partial charge in [-0.05, 0) is 31.0 Å². The molecule has 0 saturated heterocycles. The Hall–Kier alpha value is -0.0500. The highest BCUT2D eigenvalue weighted by Crippen LogP contribution is 2.36. The van der Waals surface area contributed by atoms with E-state index in [9.17, 15) is 0 Å². The van der Waals surface area contributed by atoms with Gasteiger partial charge in [0.1, 0.15) is 0 Å². The van der Waals surface area contributed by atoms with Crippen molar-refractivity contribution in [3.05, 3.63) is 20.8 Å². The van der Waals surface area contributed by atoms with Gasteiger partial charge in [-0.2, -0.15) is 0 Å².